The van der Waals surface area contributed by atoms with E-state index in [-0.39, 0.29) is 24.8 Å². The lowest BCUT2D eigenvalue weighted by Gasteiger charge is -2.19. The van der Waals surface area contributed by atoms with Gasteiger partial charge in [0.1, 0.15) is 5.75 Å². The van der Waals surface area contributed by atoms with E-state index in [9.17, 15) is 9.59 Å². The fourth-order valence-electron chi connectivity index (χ4n) is 2.83. The normalized spacial score (nSPS) is 16.7. The number of nitrogens with zero attached hydrogens (tertiary/aromatic N) is 1. The molecule has 0 aliphatic carbocycles. The highest BCUT2D eigenvalue weighted by Crippen LogP contribution is 2.36. The second kappa shape index (κ2) is 7.74. The Morgan fingerprint density at radius 1 is 1.23 bits per heavy atom. The van der Waals surface area contributed by atoms with Gasteiger partial charge in [0.15, 0.2) is 0 Å². The Hall–Kier alpha value is -1.95. The zero-order valence-corrected chi connectivity index (χ0v) is 16.0. The molecular formula is C18H15Cl3N2O3. The number of carbonyl (C=O) groups is 2. The lowest BCUT2D eigenvalue weighted by molar-refractivity contribution is -0.122. The van der Waals surface area contributed by atoms with Gasteiger partial charge in [0.05, 0.1) is 34.4 Å². The second-order valence-electron chi connectivity index (χ2n) is 5.81. The Morgan fingerprint density at radius 3 is 2.73 bits per heavy atom. The molecule has 0 radical (unpaired) electrons. The maximum Gasteiger partial charge on any atom is 0.229 e. The van der Waals surface area contributed by atoms with Crippen LogP contribution in [0.3, 0.4) is 0 Å². The highest BCUT2D eigenvalue weighted by Gasteiger charge is 2.36. The molecule has 1 aliphatic rings. The van der Waals surface area contributed by atoms with E-state index in [0.29, 0.717) is 32.2 Å². The van der Waals surface area contributed by atoms with Gasteiger partial charge in [-0.3, -0.25) is 9.59 Å². The topological polar surface area (TPSA) is 58.6 Å². The Morgan fingerprint density at radius 2 is 2.00 bits per heavy atom. The van der Waals surface area contributed by atoms with Crippen molar-refractivity contribution in [1.29, 1.82) is 0 Å². The predicted molar refractivity (Wildman–Crippen MR) is 104 cm³/mol. The Labute approximate surface area is 165 Å². The van der Waals surface area contributed by atoms with Crippen molar-refractivity contribution < 1.29 is 14.3 Å². The number of ether oxygens (including phenoxy) is 1. The van der Waals surface area contributed by atoms with E-state index >= 15 is 0 Å². The molecule has 8 heteroatoms. The van der Waals surface area contributed by atoms with Crippen molar-refractivity contribution in [2.45, 2.75) is 6.42 Å². The fraction of sp³-hybridized carbons (Fsp3) is 0.222. The van der Waals surface area contributed by atoms with E-state index in [1.165, 1.54) is 12.0 Å². The van der Waals surface area contributed by atoms with E-state index in [2.05, 4.69) is 5.32 Å². The molecule has 1 fully saturated rings. The molecular weight excluding hydrogens is 399 g/mol. The average Bonchev–Trinajstić information content (AvgIpc) is 2.99. The number of benzene rings is 2. The summed E-state index contributed by atoms with van der Waals surface area (Å²) in [4.78, 5) is 26.5. The fourth-order valence-corrected chi connectivity index (χ4v) is 3.40. The van der Waals surface area contributed by atoms with Crippen LogP contribution < -0.4 is 15.0 Å². The van der Waals surface area contributed by atoms with Crippen molar-refractivity contribution in [1.82, 2.24) is 0 Å². The number of hydrogen-bond donors (Lipinski definition) is 1. The lowest BCUT2D eigenvalue weighted by atomic mass is 10.1. The summed E-state index contributed by atoms with van der Waals surface area (Å²) in [6, 6.07) is 9.98. The molecule has 5 nitrogen and oxygen atoms in total. The highest BCUT2D eigenvalue weighted by molar-refractivity contribution is 6.44. The van der Waals surface area contributed by atoms with E-state index in [4.69, 9.17) is 39.5 Å². The molecule has 1 atom stereocenters. The molecule has 1 N–H and O–H groups in total. The number of carbonyl (C=O) groups excluding carboxylic acids is 2. The van der Waals surface area contributed by atoms with Crippen LogP contribution in [0.15, 0.2) is 36.4 Å². The minimum atomic E-state index is -0.527. The lowest BCUT2D eigenvalue weighted by Crippen LogP contribution is -2.28. The van der Waals surface area contributed by atoms with E-state index in [1.54, 1.807) is 36.4 Å². The first-order valence-electron chi connectivity index (χ1n) is 7.79. The molecule has 3 rings (SSSR count). The SMILES string of the molecule is COc1ccc(Cl)cc1NC(=O)[C@H]1CC(=O)N(c2cccc(Cl)c2Cl)C1. The molecule has 1 aliphatic heterocycles. The smallest absolute Gasteiger partial charge is 0.229 e. The van der Waals surface area contributed by atoms with E-state index < -0.39 is 5.92 Å². The number of rotatable bonds is 4. The third-order valence-electron chi connectivity index (χ3n) is 4.14. The van der Waals surface area contributed by atoms with Crippen LogP contribution in [0.4, 0.5) is 11.4 Å². The molecule has 0 unspecified atom stereocenters. The van der Waals surface area contributed by atoms with Crippen molar-refractivity contribution in [2.24, 2.45) is 5.92 Å². The predicted octanol–water partition coefficient (Wildman–Crippen LogP) is 4.65. The maximum atomic E-state index is 12.6. The van der Waals surface area contributed by atoms with Crippen LogP contribution in [0.2, 0.25) is 15.1 Å². The van der Waals surface area contributed by atoms with Gasteiger partial charge in [-0.05, 0) is 30.3 Å². The third-order valence-corrected chi connectivity index (χ3v) is 5.18. The minimum absolute atomic E-state index is 0.0809. The summed E-state index contributed by atoms with van der Waals surface area (Å²) in [6.07, 6.45) is 0.0809. The molecule has 1 saturated heterocycles. The largest absolute Gasteiger partial charge is 0.495 e. The van der Waals surface area contributed by atoms with Gasteiger partial charge in [-0.2, -0.15) is 0 Å². The van der Waals surface area contributed by atoms with Crippen molar-refractivity contribution in [3.05, 3.63) is 51.5 Å². The van der Waals surface area contributed by atoms with Crippen LogP contribution >= 0.6 is 34.8 Å². The summed E-state index contributed by atoms with van der Waals surface area (Å²) in [5.74, 6) is -0.519. The van der Waals surface area contributed by atoms with Gasteiger partial charge in [0.25, 0.3) is 0 Å². The van der Waals surface area contributed by atoms with Gasteiger partial charge in [-0.1, -0.05) is 40.9 Å². The average molecular weight is 414 g/mol. The van der Waals surface area contributed by atoms with Crippen LogP contribution in [0.25, 0.3) is 0 Å². The van der Waals surface area contributed by atoms with Gasteiger partial charge >= 0.3 is 0 Å². The first-order valence-corrected chi connectivity index (χ1v) is 8.93. The molecule has 2 aromatic rings. The number of hydrogen-bond acceptors (Lipinski definition) is 3. The Kier molecular flexibility index (Phi) is 5.61. The summed E-state index contributed by atoms with van der Waals surface area (Å²) < 4.78 is 5.22. The van der Waals surface area contributed by atoms with E-state index in [1.807, 2.05) is 0 Å². The molecule has 0 spiro atoms. The molecule has 0 bridgehead atoms. The Balaban J connectivity index is 1.77. The van der Waals surface area contributed by atoms with Gasteiger partial charge in [-0.15, -0.1) is 0 Å². The first-order chi connectivity index (χ1) is 12.4. The second-order valence-corrected chi connectivity index (χ2v) is 7.03. The van der Waals surface area contributed by atoms with Crippen LogP contribution in [0, 0.1) is 5.92 Å². The van der Waals surface area contributed by atoms with Crippen molar-refractivity contribution in [2.75, 3.05) is 23.9 Å². The summed E-state index contributed by atoms with van der Waals surface area (Å²) in [5.41, 5.74) is 0.955. The zero-order chi connectivity index (χ0) is 18.8. The summed E-state index contributed by atoms with van der Waals surface area (Å²) in [7, 11) is 1.50. The van der Waals surface area contributed by atoms with E-state index in [0.717, 1.165) is 0 Å². The number of methoxy groups -OCH3 is 1. The minimum Gasteiger partial charge on any atom is -0.495 e. The summed E-state index contributed by atoms with van der Waals surface area (Å²) in [5, 5.41) is 3.89. The van der Waals surface area contributed by atoms with Crippen molar-refractivity contribution in [3.8, 4) is 5.75 Å². The van der Waals surface area contributed by atoms with Gasteiger partial charge in [0.2, 0.25) is 11.8 Å². The summed E-state index contributed by atoms with van der Waals surface area (Å²) >= 11 is 18.2. The molecule has 0 aromatic heterocycles. The molecule has 2 amide bonds. The number of amides is 2. The van der Waals surface area contributed by atoms with Gasteiger partial charge < -0.3 is 15.0 Å². The summed E-state index contributed by atoms with van der Waals surface area (Å²) in [6.45, 7) is 0.216. The zero-order valence-electron chi connectivity index (χ0n) is 13.8. The van der Waals surface area contributed by atoms with Crippen LogP contribution in [-0.2, 0) is 9.59 Å². The highest BCUT2D eigenvalue weighted by atomic mass is 35.5. The van der Waals surface area contributed by atoms with Crippen molar-refractivity contribution >= 4 is 58.0 Å². The number of nitrogens with one attached hydrogen (secondary N) is 1. The number of halogens is 3. The molecule has 0 saturated carbocycles. The standard InChI is InChI=1S/C18H15Cl3N2O3/c1-26-15-6-5-11(19)8-13(15)22-18(25)10-7-16(24)23(9-10)14-4-2-3-12(20)17(14)21/h2-6,8,10H,7,9H2,1H3,(H,22,25)/t10-/m0/s1. The molecule has 136 valence electrons. The molecule has 2 aromatic carbocycles. The molecule has 26 heavy (non-hydrogen) atoms. The number of anilines is 2. The van der Waals surface area contributed by atoms with Crippen LogP contribution in [0.1, 0.15) is 6.42 Å². The maximum absolute atomic E-state index is 12.6. The van der Waals surface area contributed by atoms with Gasteiger partial charge in [0, 0.05) is 18.0 Å². The first kappa shape index (κ1) is 18.8. The Bertz CT molecular complexity index is 873. The quantitative estimate of drug-likeness (QED) is 0.794. The monoisotopic (exact) mass is 412 g/mol. The van der Waals surface area contributed by atoms with Gasteiger partial charge in [-0.25, -0.2) is 0 Å². The third kappa shape index (κ3) is 3.75. The van der Waals surface area contributed by atoms with Crippen molar-refractivity contribution in [3.63, 3.8) is 0 Å². The molecule has 1 heterocycles. The van der Waals surface area contributed by atoms with Crippen LogP contribution in [-0.4, -0.2) is 25.5 Å². The van der Waals surface area contributed by atoms with Crippen LogP contribution in [0.5, 0.6) is 5.75 Å².